The molecule has 0 aromatic heterocycles. The Kier molecular flexibility index (Phi) is 6.41. The molecule has 1 N–H and O–H groups in total. The number of carbonyl (C=O) groups excluding carboxylic acids is 2. The zero-order valence-electron chi connectivity index (χ0n) is 13.2. The quantitative estimate of drug-likeness (QED) is 0.435. The molecule has 0 radical (unpaired) electrons. The molecule has 23 heavy (non-hydrogen) atoms. The van der Waals surface area contributed by atoms with E-state index < -0.39 is 48.1 Å². The molecule has 1 aliphatic heterocycles. The van der Waals surface area contributed by atoms with Crippen LogP contribution >= 0.6 is 0 Å². The van der Waals surface area contributed by atoms with Gasteiger partial charge in [0.1, 0.15) is 6.10 Å². The number of cyclic esters (lactones) is 1. The van der Waals surface area contributed by atoms with Crippen LogP contribution in [0.5, 0.6) is 0 Å². The molecule has 1 heterocycles. The van der Waals surface area contributed by atoms with E-state index in [1.807, 2.05) is 0 Å². The minimum Gasteiger partial charge on any atom is -0.463 e. The van der Waals surface area contributed by atoms with Crippen molar-refractivity contribution in [1.82, 2.24) is 0 Å². The van der Waals surface area contributed by atoms with Gasteiger partial charge in [-0.05, 0) is 6.42 Å². The minimum atomic E-state index is -4.59. The van der Waals surface area contributed by atoms with E-state index in [1.165, 1.54) is 6.92 Å². The topological polar surface area (TPSA) is 82.1 Å². The highest BCUT2D eigenvalue weighted by molar-refractivity contribution is 5.80. The van der Waals surface area contributed by atoms with Gasteiger partial charge in [0.2, 0.25) is 6.10 Å². The van der Waals surface area contributed by atoms with Crippen LogP contribution in [0.15, 0.2) is 0 Å². The van der Waals surface area contributed by atoms with Crippen molar-refractivity contribution in [2.45, 2.75) is 58.4 Å². The number of carbonyl (C=O) groups is 2. The average Bonchev–Trinajstić information content (AvgIpc) is 2.83. The summed E-state index contributed by atoms with van der Waals surface area (Å²) in [6.45, 7) is 3.97. The molecule has 9 heteroatoms. The van der Waals surface area contributed by atoms with Crippen molar-refractivity contribution >= 4 is 11.9 Å². The van der Waals surface area contributed by atoms with Crippen LogP contribution < -0.4 is 0 Å². The van der Waals surface area contributed by atoms with Gasteiger partial charge in [-0.1, -0.05) is 20.8 Å². The zero-order valence-corrected chi connectivity index (χ0v) is 13.2. The van der Waals surface area contributed by atoms with Gasteiger partial charge in [-0.2, -0.15) is 13.2 Å². The van der Waals surface area contributed by atoms with E-state index >= 15 is 0 Å². The van der Waals surface area contributed by atoms with E-state index in [9.17, 15) is 22.8 Å². The van der Waals surface area contributed by atoms with E-state index in [0.717, 1.165) is 6.92 Å². The first-order valence-electron chi connectivity index (χ1n) is 7.28. The first kappa shape index (κ1) is 19.7. The molecule has 1 saturated heterocycles. The highest BCUT2D eigenvalue weighted by Gasteiger charge is 2.50. The van der Waals surface area contributed by atoms with Crippen LogP contribution in [-0.2, 0) is 24.0 Å². The molecule has 0 aromatic carbocycles. The zero-order chi connectivity index (χ0) is 17.8. The van der Waals surface area contributed by atoms with Crippen LogP contribution in [0.25, 0.3) is 0 Å². The number of halogens is 3. The fourth-order valence-corrected chi connectivity index (χ4v) is 2.53. The Morgan fingerprint density at radius 1 is 1.48 bits per heavy atom. The molecule has 6 nitrogen and oxygen atoms in total. The Balaban J connectivity index is 2.81. The molecule has 0 bridgehead atoms. The number of esters is 2. The summed E-state index contributed by atoms with van der Waals surface area (Å²) in [5, 5.41) is 8.94. The highest BCUT2D eigenvalue weighted by atomic mass is 19.4. The lowest BCUT2D eigenvalue weighted by Gasteiger charge is -2.38. The van der Waals surface area contributed by atoms with Gasteiger partial charge in [0.05, 0.1) is 18.9 Å². The van der Waals surface area contributed by atoms with Crippen LogP contribution in [0.1, 0.15) is 40.0 Å². The van der Waals surface area contributed by atoms with Gasteiger partial charge in [-0.25, -0.2) is 9.68 Å². The molecule has 1 aliphatic rings. The normalized spacial score (nSPS) is 23.8. The fraction of sp³-hybridized carbons (Fsp3) is 0.857. The molecule has 134 valence electrons. The molecule has 0 saturated carbocycles. The molecule has 1 fully saturated rings. The number of hydrogen-bond donors (Lipinski definition) is 1. The van der Waals surface area contributed by atoms with Crippen molar-refractivity contribution in [3.63, 3.8) is 0 Å². The second-order valence-electron chi connectivity index (χ2n) is 5.98. The summed E-state index contributed by atoms with van der Waals surface area (Å²) in [5.41, 5.74) is -1.32. The number of alkyl halides is 3. The third kappa shape index (κ3) is 4.81. The van der Waals surface area contributed by atoms with Crippen molar-refractivity contribution in [3.8, 4) is 0 Å². The van der Waals surface area contributed by atoms with E-state index in [2.05, 4.69) is 9.62 Å². The monoisotopic (exact) mass is 342 g/mol. The number of hydrogen-bond acceptors (Lipinski definition) is 6. The molecule has 0 aliphatic carbocycles. The number of rotatable bonds is 7. The van der Waals surface area contributed by atoms with Crippen molar-refractivity contribution in [1.29, 1.82) is 0 Å². The first-order valence-corrected chi connectivity index (χ1v) is 7.28. The van der Waals surface area contributed by atoms with Gasteiger partial charge in [-0.3, -0.25) is 10.1 Å². The van der Waals surface area contributed by atoms with Gasteiger partial charge < -0.3 is 9.47 Å². The maximum atomic E-state index is 12.9. The van der Waals surface area contributed by atoms with Gasteiger partial charge >= 0.3 is 18.1 Å². The second kappa shape index (κ2) is 7.48. The molecule has 4 atom stereocenters. The van der Waals surface area contributed by atoms with Crippen molar-refractivity contribution in [3.05, 3.63) is 0 Å². The van der Waals surface area contributed by atoms with Crippen LogP contribution in [0.3, 0.4) is 0 Å². The van der Waals surface area contributed by atoms with Gasteiger partial charge in [0.25, 0.3) is 0 Å². The Morgan fingerprint density at radius 3 is 2.48 bits per heavy atom. The third-order valence-electron chi connectivity index (χ3n) is 4.29. The van der Waals surface area contributed by atoms with Crippen LogP contribution in [0, 0.1) is 11.3 Å². The molecule has 0 aromatic rings. The Labute approximate surface area is 131 Å². The Hall–Kier alpha value is -1.35. The molecule has 1 rings (SSSR count). The van der Waals surface area contributed by atoms with Gasteiger partial charge in [-0.15, -0.1) is 0 Å². The van der Waals surface area contributed by atoms with Crippen molar-refractivity contribution in [2.75, 3.05) is 6.61 Å². The largest absolute Gasteiger partial charge is 0.463 e. The van der Waals surface area contributed by atoms with E-state index in [4.69, 9.17) is 9.99 Å². The molecular weight excluding hydrogens is 321 g/mol. The summed E-state index contributed by atoms with van der Waals surface area (Å²) in [4.78, 5) is 27.3. The lowest BCUT2D eigenvalue weighted by molar-refractivity contribution is -0.341. The molecule has 4 unspecified atom stereocenters. The predicted octanol–water partition coefficient (Wildman–Crippen LogP) is 2.71. The number of ether oxygens (including phenoxy) is 2. The maximum Gasteiger partial charge on any atom is 0.394 e. The molecule has 0 spiro atoms. The van der Waals surface area contributed by atoms with Crippen LogP contribution in [0.2, 0.25) is 0 Å². The molecular formula is C14H21F3O6. The van der Waals surface area contributed by atoms with E-state index in [0.29, 0.717) is 0 Å². The van der Waals surface area contributed by atoms with Gasteiger partial charge in [0.15, 0.2) is 0 Å². The summed E-state index contributed by atoms with van der Waals surface area (Å²) in [6, 6.07) is 0. The van der Waals surface area contributed by atoms with Crippen molar-refractivity contribution < 1.29 is 42.4 Å². The predicted molar refractivity (Wildman–Crippen MR) is 71.2 cm³/mol. The van der Waals surface area contributed by atoms with Crippen LogP contribution in [0.4, 0.5) is 13.2 Å². The fourth-order valence-electron chi connectivity index (χ4n) is 2.53. The van der Waals surface area contributed by atoms with Gasteiger partial charge in [0, 0.05) is 11.8 Å². The average molecular weight is 342 g/mol. The molecule has 0 amide bonds. The van der Waals surface area contributed by atoms with E-state index in [1.54, 1.807) is 6.92 Å². The smallest absolute Gasteiger partial charge is 0.394 e. The Morgan fingerprint density at radius 2 is 2.09 bits per heavy atom. The van der Waals surface area contributed by atoms with Crippen molar-refractivity contribution in [2.24, 2.45) is 11.3 Å². The summed E-state index contributed by atoms with van der Waals surface area (Å²) in [7, 11) is 0. The first-order chi connectivity index (χ1) is 10.5. The SMILES string of the molecule is CCC(C)(CC(=O)OC1CCOC1=O)C(OO)C(C)C(F)(F)F. The highest BCUT2D eigenvalue weighted by Crippen LogP contribution is 2.42. The summed E-state index contributed by atoms with van der Waals surface area (Å²) < 4.78 is 48.3. The summed E-state index contributed by atoms with van der Waals surface area (Å²) >= 11 is 0. The lowest BCUT2D eigenvalue weighted by atomic mass is 9.73. The third-order valence-corrected chi connectivity index (χ3v) is 4.29. The second-order valence-corrected chi connectivity index (χ2v) is 5.98. The standard InChI is InChI=1S/C14H21F3O6/c1-4-13(3,11(23-20)8(2)14(15,16)17)7-10(18)22-9-5-6-21-12(9)19/h8-9,11,20H,4-7H2,1-3H3. The minimum absolute atomic E-state index is 0.128. The van der Waals surface area contributed by atoms with Crippen LogP contribution in [-0.4, -0.2) is 42.2 Å². The van der Waals surface area contributed by atoms with E-state index in [-0.39, 0.29) is 19.4 Å². The maximum absolute atomic E-state index is 12.9. The summed E-state index contributed by atoms with van der Waals surface area (Å²) in [5.74, 6) is -3.49. The summed E-state index contributed by atoms with van der Waals surface area (Å²) in [6.07, 6.45) is -7.36. The Bertz CT molecular complexity index is 439. The lowest BCUT2D eigenvalue weighted by Crippen LogP contribution is -2.45.